The molecule has 0 amide bonds. The quantitative estimate of drug-likeness (QED) is 0.857. The first-order chi connectivity index (χ1) is 8.81. The van der Waals surface area contributed by atoms with Crippen LogP contribution in [0.25, 0.3) is 0 Å². The summed E-state index contributed by atoms with van der Waals surface area (Å²) >= 11 is 2.13. The summed E-state index contributed by atoms with van der Waals surface area (Å²) in [6.45, 7) is 3.32. The Balaban J connectivity index is 1.97. The fraction of sp³-hybridized carbons (Fsp3) is 0.846. The summed E-state index contributed by atoms with van der Waals surface area (Å²) in [4.78, 5) is 4.36. The van der Waals surface area contributed by atoms with Crippen LogP contribution in [0, 0.1) is 0 Å². The summed E-state index contributed by atoms with van der Waals surface area (Å²) in [5.41, 5.74) is 0. The summed E-state index contributed by atoms with van der Waals surface area (Å²) in [6, 6.07) is 0.540. The highest BCUT2D eigenvalue weighted by Crippen LogP contribution is 2.28. The third-order valence-electron chi connectivity index (χ3n) is 3.53. The van der Waals surface area contributed by atoms with Gasteiger partial charge in [0.25, 0.3) is 0 Å². The smallest absolute Gasteiger partial charge is 0.138 e. The number of hydrogen-bond donors (Lipinski definition) is 1. The number of nitrogens with one attached hydrogen (secondary N) is 1. The lowest BCUT2D eigenvalue weighted by atomic mass is 10.0. The van der Waals surface area contributed by atoms with E-state index in [9.17, 15) is 0 Å². The van der Waals surface area contributed by atoms with Crippen molar-refractivity contribution in [2.75, 3.05) is 12.3 Å². The molecule has 18 heavy (non-hydrogen) atoms. The fourth-order valence-electron chi connectivity index (χ4n) is 2.45. The molecule has 0 aromatic carbocycles. The van der Waals surface area contributed by atoms with E-state index in [-0.39, 0.29) is 0 Å². The summed E-state index contributed by atoms with van der Waals surface area (Å²) in [5.74, 6) is 2.41. The SMILES string of the molecule is CCCNC(Cc1ncnn1C)C1CCCCS1. The molecule has 0 saturated carbocycles. The summed E-state index contributed by atoms with van der Waals surface area (Å²) in [7, 11) is 1.98. The van der Waals surface area contributed by atoms with E-state index in [0.29, 0.717) is 6.04 Å². The van der Waals surface area contributed by atoms with Crippen LogP contribution in [0.3, 0.4) is 0 Å². The maximum Gasteiger partial charge on any atom is 0.138 e. The Morgan fingerprint density at radius 2 is 2.44 bits per heavy atom. The maximum absolute atomic E-state index is 4.36. The molecule has 1 saturated heterocycles. The van der Waals surface area contributed by atoms with Crippen LogP contribution in [-0.2, 0) is 13.5 Å². The van der Waals surface area contributed by atoms with Crippen LogP contribution >= 0.6 is 11.8 Å². The van der Waals surface area contributed by atoms with Crippen LogP contribution in [-0.4, -0.2) is 38.4 Å². The van der Waals surface area contributed by atoms with E-state index in [1.54, 1.807) is 6.33 Å². The molecule has 1 aromatic heterocycles. The number of thioether (sulfide) groups is 1. The van der Waals surface area contributed by atoms with E-state index in [4.69, 9.17) is 0 Å². The van der Waals surface area contributed by atoms with Gasteiger partial charge in [-0.15, -0.1) is 0 Å². The Kier molecular flexibility index (Phi) is 5.50. The number of rotatable bonds is 6. The summed E-state index contributed by atoms with van der Waals surface area (Å²) < 4.78 is 1.90. The first kappa shape index (κ1) is 13.9. The minimum Gasteiger partial charge on any atom is -0.312 e. The molecule has 5 heteroatoms. The normalized spacial score (nSPS) is 22.0. The van der Waals surface area contributed by atoms with Gasteiger partial charge in [0.2, 0.25) is 0 Å². The van der Waals surface area contributed by atoms with Crippen LogP contribution in [0.15, 0.2) is 6.33 Å². The molecular weight excluding hydrogens is 244 g/mol. The van der Waals surface area contributed by atoms with E-state index in [0.717, 1.165) is 24.0 Å². The molecule has 1 fully saturated rings. The highest BCUT2D eigenvalue weighted by molar-refractivity contribution is 8.00. The third-order valence-corrected chi connectivity index (χ3v) is 5.04. The Bertz CT molecular complexity index is 347. The second-order valence-corrected chi connectivity index (χ2v) is 6.32. The van der Waals surface area contributed by atoms with Crippen molar-refractivity contribution in [2.45, 2.75) is 50.3 Å². The van der Waals surface area contributed by atoms with Crippen molar-refractivity contribution in [3.63, 3.8) is 0 Å². The minimum atomic E-state index is 0.540. The van der Waals surface area contributed by atoms with Gasteiger partial charge in [-0.3, -0.25) is 4.68 Å². The van der Waals surface area contributed by atoms with E-state index >= 15 is 0 Å². The summed E-state index contributed by atoms with van der Waals surface area (Å²) in [6.07, 6.45) is 7.93. The monoisotopic (exact) mass is 268 g/mol. The van der Waals surface area contributed by atoms with Crippen molar-refractivity contribution < 1.29 is 0 Å². The predicted molar refractivity (Wildman–Crippen MR) is 76.9 cm³/mol. The molecule has 2 rings (SSSR count). The molecule has 2 heterocycles. The van der Waals surface area contributed by atoms with Crippen LogP contribution in [0.1, 0.15) is 38.4 Å². The second kappa shape index (κ2) is 7.14. The zero-order valence-electron chi connectivity index (χ0n) is 11.4. The molecule has 2 atom stereocenters. The minimum absolute atomic E-state index is 0.540. The highest BCUT2D eigenvalue weighted by Gasteiger charge is 2.25. The van der Waals surface area contributed by atoms with Gasteiger partial charge in [0, 0.05) is 24.8 Å². The molecule has 1 aromatic rings. The number of hydrogen-bond acceptors (Lipinski definition) is 4. The first-order valence-electron chi connectivity index (χ1n) is 6.99. The molecule has 1 N–H and O–H groups in total. The molecule has 2 unspecified atom stereocenters. The fourth-order valence-corrected chi connectivity index (χ4v) is 3.88. The Labute approximate surface area is 114 Å². The molecule has 0 radical (unpaired) electrons. The number of aryl methyl sites for hydroxylation is 1. The van der Waals surface area contributed by atoms with Gasteiger partial charge in [0.05, 0.1) is 0 Å². The molecule has 4 nitrogen and oxygen atoms in total. The second-order valence-electron chi connectivity index (χ2n) is 4.97. The average molecular weight is 268 g/mol. The molecule has 1 aliphatic rings. The molecule has 0 aliphatic carbocycles. The molecule has 0 spiro atoms. The Morgan fingerprint density at radius 1 is 1.56 bits per heavy atom. The van der Waals surface area contributed by atoms with Crippen molar-refractivity contribution in [2.24, 2.45) is 7.05 Å². The highest BCUT2D eigenvalue weighted by atomic mass is 32.2. The van der Waals surface area contributed by atoms with Gasteiger partial charge in [-0.2, -0.15) is 16.9 Å². The summed E-state index contributed by atoms with van der Waals surface area (Å²) in [5, 5.41) is 8.61. The molecular formula is C13H24N4S. The molecule has 102 valence electrons. The maximum atomic E-state index is 4.36. The Morgan fingerprint density at radius 3 is 3.06 bits per heavy atom. The van der Waals surface area contributed by atoms with Crippen molar-refractivity contribution in [1.29, 1.82) is 0 Å². The van der Waals surface area contributed by atoms with Crippen LogP contribution in [0.5, 0.6) is 0 Å². The van der Waals surface area contributed by atoms with E-state index in [1.165, 1.54) is 31.4 Å². The standard InChI is InChI=1S/C13H24N4S/c1-3-7-14-11(12-6-4-5-8-18-12)9-13-15-10-16-17(13)2/h10-12,14H,3-9H2,1-2H3. The van der Waals surface area contributed by atoms with Gasteiger partial charge < -0.3 is 5.32 Å². The van der Waals surface area contributed by atoms with Gasteiger partial charge >= 0.3 is 0 Å². The van der Waals surface area contributed by atoms with Gasteiger partial charge in [-0.05, 0) is 31.6 Å². The molecule has 1 aliphatic heterocycles. The van der Waals surface area contributed by atoms with Gasteiger partial charge in [-0.25, -0.2) is 4.98 Å². The Hall–Kier alpha value is -0.550. The molecule has 0 bridgehead atoms. The van der Waals surface area contributed by atoms with Gasteiger partial charge in [0.1, 0.15) is 12.2 Å². The van der Waals surface area contributed by atoms with Gasteiger partial charge in [0.15, 0.2) is 0 Å². The largest absolute Gasteiger partial charge is 0.312 e. The van der Waals surface area contributed by atoms with Crippen molar-refractivity contribution in [3.8, 4) is 0 Å². The first-order valence-corrected chi connectivity index (χ1v) is 8.04. The van der Waals surface area contributed by atoms with Crippen LogP contribution in [0.2, 0.25) is 0 Å². The third kappa shape index (κ3) is 3.72. The van der Waals surface area contributed by atoms with Gasteiger partial charge in [-0.1, -0.05) is 13.3 Å². The zero-order valence-corrected chi connectivity index (χ0v) is 12.2. The van der Waals surface area contributed by atoms with E-state index < -0.39 is 0 Å². The van der Waals surface area contributed by atoms with E-state index in [1.807, 2.05) is 11.7 Å². The topological polar surface area (TPSA) is 42.7 Å². The predicted octanol–water partition coefficient (Wildman–Crippen LogP) is 2.01. The number of nitrogens with zero attached hydrogens (tertiary/aromatic N) is 3. The lowest BCUT2D eigenvalue weighted by Crippen LogP contribution is -2.42. The average Bonchev–Trinajstić information content (AvgIpc) is 2.81. The lowest BCUT2D eigenvalue weighted by Gasteiger charge is -2.30. The lowest BCUT2D eigenvalue weighted by molar-refractivity contribution is 0.448. The van der Waals surface area contributed by atoms with E-state index in [2.05, 4.69) is 34.1 Å². The van der Waals surface area contributed by atoms with Crippen molar-refractivity contribution in [1.82, 2.24) is 20.1 Å². The zero-order chi connectivity index (χ0) is 12.8. The van der Waals surface area contributed by atoms with Crippen molar-refractivity contribution in [3.05, 3.63) is 12.2 Å². The number of aromatic nitrogens is 3. The van der Waals surface area contributed by atoms with Crippen molar-refractivity contribution >= 4 is 11.8 Å². The van der Waals surface area contributed by atoms with Crippen LogP contribution in [0.4, 0.5) is 0 Å². The van der Waals surface area contributed by atoms with Crippen LogP contribution < -0.4 is 5.32 Å².